The number of hydrogen-bond donors (Lipinski definition) is 1. The van der Waals surface area contributed by atoms with Gasteiger partial charge in [0.2, 0.25) is 5.91 Å². The van der Waals surface area contributed by atoms with Crippen molar-refractivity contribution in [3.05, 3.63) is 71.7 Å². The van der Waals surface area contributed by atoms with Gasteiger partial charge >= 0.3 is 0 Å². The highest BCUT2D eigenvalue weighted by atomic mass is 19.1. The zero-order valence-electron chi connectivity index (χ0n) is 18.1. The van der Waals surface area contributed by atoms with E-state index in [1.54, 1.807) is 6.07 Å². The van der Waals surface area contributed by atoms with Gasteiger partial charge in [-0.25, -0.2) is 4.39 Å². The summed E-state index contributed by atoms with van der Waals surface area (Å²) in [5.41, 5.74) is 3.32. The second-order valence-electron chi connectivity index (χ2n) is 9.63. The van der Waals surface area contributed by atoms with Gasteiger partial charge in [0.25, 0.3) is 0 Å². The van der Waals surface area contributed by atoms with Gasteiger partial charge in [0.1, 0.15) is 5.82 Å². The molecule has 2 nitrogen and oxygen atoms in total. The summed E-state index contributed by atoms with van der Waals surface area (Å²) < 4.78 is 14.5. The van der Waals surface area contributed by atoms with Crippen LogP contribution in [0.3, 0.4) is 0 Å². The van der Waals surface area contributed by atoms with Crippen molar-refractivity contribution in [1.29, 1.82) is 0 Å². The molecule has 2 aliphatic carbocycles. The number of piperidine rings is 1. The molecule has 3 aliphatic rings. The predicted octanol–water partition coefficient (Wildman–Crippen LogP) is 6.69. The van der Waals surface area contributed by atoms with E-state index in [4.69, 9.17) is 0 Å². The van der Waals surface area contributed by atoms with Gasteiger partial charge in [0.15, 0.2) is 0 Å². The van der Waals surface area contributed by atoms with Gasteiger partial charge in [0, 0.05) is 18.0 Å². The van der Waals surface area contributed by atoms with E-state index < -0.39 is 0 Å². The zero-order valence-corrected chi connectivity index (χ0v) is 18.1. The maximum Gasteiger partial charge on any atom is 0.224 e. The minimum absolute atomic E-state index is 0.0509. The van der Waals surface area contributed by atoms with Gasteiger partial charge in [-0.2, -0.15) is 0 Å². The van der Waals surface area contributed by atoms with E-state index in [2.05, 4.69) is 49.2 Å². The van der Waals surface area contributed by atoms with Crippen molar-refractivity contribution in [2.75, 3.05) is 0 Å². The fourth-order valence-corrected chi connectivity index (χ4v) is 4.99. The molecule has 1 aromatic rings. The Balaban J connectivity index is 1.31. The standard InChI is InChI=1S/C27H34FNO/c1-19(17-21-7-6-8-21)24-18-23(11-12-25(24)28)27(15-16-27)14-5-3-4-9-22-10-13-26(30)29-20(22)2/h3-4,6-7,11-12,18-19,21-22H,2,5,8-10,13-17H2,1H3,(H,29,30)/b4-3+. The van der Waals surface area contributed by atoms with Gasteiger partial charge in [-0.15, -0.1) is 0 Å². The van der Waals surface area contributed by atoms with Crippen LogP contribution in [0, 0.1) is 17.7 Å². The summed E-state index contributed by atoms with van der Waals surface area (Å²) in [6, 6.07) is 5.87. The van der Waals surface area contributed by atoms with Crippen LogP contribution in [0.1, 0.15) is 81.8 Å². The lowest BCUT2D eigenvalue weighted by atomic mass is 9.81. The second kappa shape index (κ2) is 8.91. The molecule has 30 heavy (non-hydrogen) atoms. The van der Waals surface area contributed by atoms with Gasteiger partial charge in [-0.1, -0.05) is 49.9 Å². The van der Waals surface area contributed by atoms with E-state index in [-0.39, 0.29) is 23.1 Å². The maximum atomic E-state index is 14.5. The highest BCUT2D eigenvalue weighted by Gasteiger charge is 2.43. The van der Waals surface area contributed by atoms with Crippen LogP contribution in [0.5, 0.6) is 0 Å². The number of allylic oxidation sites excluding steroid dienone is 5. The molecule has 1 amide bonds. The Bertz CT molecular complexity index is 864. The summed E-state index contributed by atoms with van der Waals surface area (Å²) in [6.07, 6.45) is 18.2. The van der Waals surface area contributed by atoms with Crippen LogP contribution < -0.4 is 5.32 Å². The predicted molar refractivity (Wildman–Crippen MR) is 121 cm³/mol. The molecule has 0 aromatic heterocycles. The number of hydrogen-bond acceptors (Lipinski definition) is 1. The molecule has 0 spiro atoms. The van der Waals surface area contributed by atoms with Gasteiger partial charge in [-0.3, -0.25) is 4.79 Å². The highest BCUT2D eigenvalue weighted by Crippen LogP contribution is 2.52. The first-order valence-corrected chi connectivity index (χ1v) is 11.6. The number of benzene rings is 1. The number of rotatable bonds is 9. The molecular formula is C27H34FNO. The molecule has 1 N–H and O–H groups in total. The van der Waals surface area contributed by atoms with Crippen LogP contribution in [0.15, 0.2) is 54.8 Å². The molecule has 1 aromatic carbocycles. The summed E-state index contributed by atoms with van der Waals surface area (Å²) >= 11 is 0. The molecule has 3 heteroatoms. The lowest BCUT2D eigenvalue weighted by Crippen LogP contribution is -2.31. The fourth-order valence-electron chi connectivity index (χ4n) is 4.99. The van der Waals surface area contributed by atoms with Gasteiger partial charge in [-0.05, 0) is 85.8 Å². The van der Waals surface area contributed by atoms with E-state index >= 15 is 0 Å². The third kappa shape index (κ3) is 4.77. The number of halogens is 1. The Morgan fingerprint density at radius 1 is 1.33 bits per heavy atom. The van der Waals surface area contributed by atoms with E-state index in [9.17, 15) is 9.18 Å². The van der Waals surface area contributed by atoms with Crippen LogP contribution in [0.4, 0.5) is 4.39 Å². The van der Waals surface area contributed by atoms with Crippen LogP contribution >= 0.6 is 0 Å². The average Bonchev–Trinajstić information content (AvgIpc) is 3.47. The SMILES string of the molecule is C=C1NC(=O)CCC1C/C=C/CCC1(c2ccc(F)c(C(C)CC3C=CC3)c2)CC1. The van der Waals surface area contributed by atoms with Crippen molar-refractivity contribution < 1.29 is 9.18 Å². The van der Waals surface area contributed by atoms with Crippen molar-refractivity contribution in [2.45, 2.75) is 76.0 Å². The molecule has 4 rings (SSSR count). The second-order valence-corrected chi connectivity index (χ2v) is 9.63. The average molecular weight is 408 g/mol. The third-order valence-corrected chi connectivity index (χ3v) is 7.39. The van der Waals surface area contributed by atoms with Crippen molar-refractivity contribution in [3.63, 3.8) is 0 Å². The Morgan fingerprint density at radius 2 is 2.13 bits per heavy atom. The minimum Gasteiger partial charge on any atom is -0.330 e. The molecule has 1 saturated heterocycles. The Morgan fingerprint density at radius 3 is 2.80 bits per heavy atom. The first kappa shape index (κ1) is 21.1. The van der Waals surface area contributed by atoms with E-state index in [0.29, 0.717) is 18.3 Å². The van der Waals surface area contributed by atoms with Crippen LogP contribution in [0.2, 0.25) is 0 Å². The molecule has 1 aliphatic heterocycles. The minimum atomic E-state index is -0.0509. The normalized spacial score (nSPS) is 25.8. The zero-order chi connectivity index (χ0) is 21.1. The summed E-state index contributed by atoms with van der Waals surface area (Å²) in [7, 11) is 0. The first-order chi connectivity index (χ1) is 14.5. The number of nitrogens with one attached hydrogen (secondary N) is 1. The number of amides is 1. The third-order valence-electron chi connectivity index (χ3n) is 7.39. The van der Waals surface area contributed by atoms with Gasteiger partial charge < -0.3 is 5.32 Å². The molecule has 2 fully saturated rings. The lowest BCUT2D eigenvalue weighted by molar-refractivity contribution is -0.121. The van der Waals surface area contributed by atoms with Crippen molar-refractivity contribution >= 4 is 5.91 Å². The van der Waals surface area contributed by atoms with Crippen molar-refractivity contribution in [3.8, 4) is 0 Å². The molecule has 0 bridgehead atoms. The van der Waals surface area contributed by atoms with Crippen LogP contribution in [0.25, 0.3) is 0 Å². The molecule has 3 atom stereocenters. The molecule has 3 unspecified atom stereocenters. The Labute approximate surface area is 180 Å². The monoisotopic (exact) mass is 407 g/mol. The maximum absolute atomic E-state index is 14.5. The summed E-state index contributed by atoms with van der Waals surface area (Å²) in [4.78, 5) is 11.4. The topological polar surface area (TPSA) is 29.1 Å². The molecule has 1 heterocycles. The Hall–Kier alpha value is -2.16. The summed E-state index contributed by atoms with van der Waals surface area (Å²) in [5.74, 6) is 1.29. The summed E-state index contributed by atoms with van der Waals surface area (Å²) in [6.45, 7) is 6.15. The smallest absolute Gasteiger partial charge is 0.224 e. The number of carbonyl (C=O) groups is 1. The van der Waals surface area contributed by atoms with E-state index in [1.807, 2.05) is 6.07 Å². The van der Waals surface area contributed by atoms with E-state index in [0.717, 1.165) is 49.8 Å². The first-order valence-electron chi connectivity index (χ1n) is 11.6. The van der Waals surface area contributed by atoms with Gasteiger partial charge in [0.05, 0.1) is 0 Å². The molecule has 1 saturated carbocycles. The van der Waals surface area contributed by atoms with Crippen LogP contribution in [-0.4, -0.2) is 5.91 Å². The fraction of sp³-hybridized carbons (Fsp3) is 0.519. The van der Waals surface area contributed by atoms with Crippen molar-refractivity contribution in [1.82, 2.24) is 5.32 Å². The molecule has 0 radical (unpaired) electrons. The van der Waals surface area contributed by atoms with E-state index in [1.165, 1.54) is 18.4 Å². The quantitative estimate of drug-likeness (QED) is 0.454. The number of carbonyl (C=O) groups excluding carboxylic acids is 1. The highest BCUT2D eigenvalue weighted by molar-refractivity contribution is 5.78. The largest absolute Gasteiger partial charge is 0.330 e. The summed E-state index contributed by atoms with van der Waals surface area (Å²) in [5, 5.41) is 2.86. The molecular weight excluding hydrogens is 373 g/mol. The Kier molecular flexibility index (Phi) is 6.26. The van der Waals surface area contributed by atoms with Crippen molar-refractivity contribution in [2.24, 2.45) is 11.8 Å². The van der Waals surface area contributed by atoms with Crippen LogP contribution in [-0.2, 0) is 10.2 Å². The lowest BCUT2D eigenvalue weighted by Gasteiger charge is -2.24. The molecule has 160 valence electrons.